The van der Waals surface area contributed by atoms with Crippen LogP contribution in [0.15, 0.2) is 92.0 Å². The van der Waals surface area contributed by atoms with Crippen molar-refractivity contribution in [3.8, 4) is 40.1 Å². The topological polar surface area (TPSA) is 215 Å². The van der Waals surface area contributed by atoms with Gasteiger partial charge >= 0.3 is 0 Å². The number of piperazine rings is 1. The zero-order chi connectivity index (χ0) is 42.9. The van der Waals surface area contributed by atoms with E-state index < -0.39 is 0 Å². The number of nitrogens with zero attached hydrogens (tertiary/aromatic N) is 13. The van der Waals surface area contributed by atoms with Gasteiger partial charge in [0.15, 0.2) is 34.6 Å². The van der Waals surface area contributed by atoms with Crippen LogP contribution in [-0.2, 0) is 0 Å². The highest BCUT2D eigenvalue weighted by atomic mass is 15.3. The minimum absolute atomic E-state index is 0.619. The Morgan fingerprint density at radius 1 is 0.667 bits per heavy atom. The highest BCUT2D eigenvalue weighted by molar-refractivity contribution is 5.96. The van der Waals surface area contributed by atoms with Gasteiger partial charge in [-0.3, -0.25) is 19.7 Å². The van der Waals surface area contributed by atoms with Gasteiger partial charge < -0.3 is 25.1 Å². The molecule has 0 bridgehead atoms. The number of pyridine rings is 5. The van der Waals surface area contributed by atoms with Crippen molar-refractivity contribution in [2.45, 2.75) is 27.2 Å². The van der Waals surface area contributed by atoms with Crippen molar-refractivity contribution in [2.24, 2.45) is 0 Å². The first kappa shape index (κ1) is 39.4. The smallest absolute Gasteiger partial charge is 0.181 e. The predicted molar refractivity (Wildman–Crippen MR) is 245 cm³/mol. The molecule has 2 aliphatic rings. The van der Waals surface area contributed by atoms with E-state index in [1.165, 1.54) is 5.57 Å². The molecular weight excluding hydrogens is 793 g/mol. The maximum atomic E-state index is 4.94. The summed E-state index contributed by atoms with van der Waals surface area (Å²) < 4.78 is 1.87. The SMILES string of the molecule is CC.CN1CCN(c2nccc3[nH]c(-c4[nH]nc5ncc(C6=CCNCC6)cc45)nc23)CC1.Cc1cn(-c2nccc3[nH]c(-c4[nH]nc5ncc(-c6ccccn6)cc45)nc23)cn1. The Bertz CT molecular complexity index is 3220. The average molecular weight is 839 g/mol. The summed E-state index contributed by atoms with van der Waals surface area (Å²) in [6.07, 6.45) is 16.0. The third-order valence-electron chi connectivity index (χ3n) is 11.2. The number of anilines is 1. The number of likely N-dealkylation sites (N-methyl/N-ethyl adjacent to an activating group) is 1. The molecule has 0 spiro atoms. The maximum absolute atomic E-state index is 4.94. The van der Waals surface area contributed by atoms with Crippen LogP contribution in [-0.4, -0.2) is 126 Å². The van der Waals surface area contributed by atoms with E-state index in [2.05, 4.69) is 94.6 Å². The minimum Gasteiger partial charge on any atom is -0.352 e. The number of hydrogen-bond acceptors (Lipinski definition) is 13. The van der Waals surface area contributed by atoms with E-state index in [1.54, 1.807) is 24.9 Å². The Kier molecular flexibility index (Phi) is 10.6. The van der Waals surface area contributed by atoms with Crippen molar-refractivity contribution in [1.82, 2.24) is 85.0 Å². The Morgan fingerprint density at radius 3 is 1.94 bits per heavy atom. The van der Waals surface area contributed by atoms with Crippen LogP contribution in [0.2, 0.25) is 0 Å². The molecule has 0 aromatic carbocycles. The van der Waals surface area contributed by atoms with Crippen molar-refractivity contribution in [3.05, 3.63) is 103 Å². The fourth-order valence-corrected chi connectivity index (χ4v) is 7.95. The molecule has 10 aromatic rings. The van der Waals surface area contributed by atoms with Gasteiger partial charge in [-0.1, -0.05) is 26.0 Å². The largest absolute Gasteiger partial charge is 0.352 e. The van der Waals surface area contributed by atoms with E-state index in [1.807, 2.05) is 80.3 Å². The second-order valence-corrected chi connectivity index (χ2v) is 15.2. The van der Waals surface area contributed by atoms with Gasteiger partial charge in [0.1, 0.15) is 28.7 Å². The summed E-state index contributed by atoms with van der Waals surface area (Å²) in [4.78, 5) is 48.2. The van der Waals surface area contributed by atoms with E-state index in [9.17, 15) is 0 Å². The highest BCUT2D eigenvalue weighted by Crippen LogP contribution is 2.32. The number of imidazole rings is 3. The molecule has 18 nitrogen and oxygen atoms in total. The Labute approximate surface area is 361 Å². The number of fused-ring (bicyclic) bond motifs is 4. The van der Waals surface area contributed by atoms with Gasteiger partial charge in [0, 0.05) is 75.5 Å². The summed E-state index contributed by atoms with van der Waals surface area (Å²) in [7, 11) is 2.16. The summed E-state index contributed by atoms with van der Waals surface area (Å²) in [6.45, 7) is 11.8. The van der Waals surface area contributed by atoms with Crippen molar-refractivity contribution in [2.75, 3.05) is 51.2 Å². The van der Waals surface area contributed by atoms with E-state index in [0.717, 1.165) is 124 Å². The second-order valence-electron chi connectivity index (χ2n) is 15.2. The van der Waals surface area contributed by atoms with E-state index in [-0.39, 0.29) is 0 Å². The first-order chi connectivity index (χ1) is 31.0. The monoisotopic (exact) mass is 838 g/mol. The molecule has 63 heavy (non-hydrogen) atoms. The zero-order valence-electron chi connectivity index (χ0n) is 35.4. The maximum Gasteiger partial charge on any atom is 0.181 e. The van der Waals surface area contributed by atoms with Crippen molar-refractivity contribution in [3.63, 3.8) is 0 Å². The summed E-state index contributed by atoms with van der Waals surface area (Å²) >= 11 is 0. The molecule has 18 heteroatoms. The van der Waals surface area contributed by atoms with E-state index in [0.29, 0.717) is 22.9 Å². The second kappa shape index (κ2) is 17.0. The lowest BCUT2D eigenvalue weighted by molar-refractivity contribution is 0.312. The molecule has 316 valence electrons. The molecule has 2 aliphatic heterocycles. The number of aryl methyl sites for hydroxylation is 1. The third kappa shape index (κ3) is 7.65. The molecule has 0 aliphatic carbocycles. The first-order valence-corrected chi connectivity index (χ1v) is 21.2. The molecule has 0 unspecified atom stereocenters. The minimum atomic E-state index is 0.619. The molecule has 10 aromatic heterocycles. The van der Waals surface area contributed by atoms with Crippen molar-refractivity contribution >= 4 is 55.5 Å². The zero-order valence-corrected chi connectivity index (χ0v) is 35.4. The first-order valence-electron chi connectivity index (χ1n) is 21.2. The lowest BCUT2D eigenvalue weighted by atomic mass is 10.0. The summed E-state index contributed by atoms with van der Waals surface area (Å²) in [6, 6.07) is 13.9. The fourth-order valence-electron chi connectivity index (χ4n) is 7.95. The molecule has 0 saturated carbocycles. The summed E-state index contributed by atoms with van der Waals surface area (Å²) in [5.74, 6) is 3.08. The standard InChI is InChI=1S/C22H25N9.C21H15N9.C2H6/c1-30-8-10-31(11-9-30)22-19-17(4-7-24-22)26-21(27-19)18-16-12-15(13-25-20(16)29-28-18)14-2-5-23-6-3-14;1-12-10-30(11-25-12)21-18-16(5-7-23-21)26-20(27-18)17-14-8-13(9-24-19(14)29-28-17)15-4-2-3-6-22-15;1-2/h2,4,7,12-13,23H,3,5-6,8-11H2,1H3,(H,26,27)(H,25,28,29);2-11H,1H3,(H,26,27)(H,24,28,29);1-2H3. The fraction of sp³-hybridized carbons (Fsp3) is 0.244. The van der Waals surface area contributed by atoms with E-state index >= 15 is 0 Å². The van der Waals surface area contributed by atoms with Gasteiger partial charge in [-0.05, 0) is 74.5 Å². The predicted octanol–water partition coefficient (Wildman–Crippen LogP) is 6.50. The molecular formula is C45H46N18. The molecule has 12 heterocycles. The molecule has 1 saturated heterocycles. The van der Waals surface area contributed by atoms with Crippen molar-refractivity contribution in [1.29, 1.82) is 0 Å². The molecule has 1 fully saturated rings. The molecule has 12 rings (SSSR count). The lowest BCUT2D eigenvalue weighted by Crippen LogP contribution is -2.44. The van der Waals surface area contributed by atoms with Gasteiger partial charge in [0.25, 0.3) is 0 Å². The van der Waals surface area contributed by atoms with Gasteiger partial charge in [0.2, 0.25) is 0 Å². The van der Waals surface area contributed by atoms with E-state index in [4.69, 9.17) is 9.97 Å². The van der Waals surface area contributed by atoms with Crippen LogP contribution in [0.5, 0.6) is 0 Å². The highest BCUT2D eigenvalue weighted by Gasteiger charge is 2.22. The van der Waals surface area contributed by atoms with Gasteiger partial charge in [-0.25, -0.2) is 34.9 Å². The van der Waals surface area contributed by atoms with Crippen molar-refractivity contribution < 1.29 is 0 Å². The van der Waals surface area contributed by atoms with Gasteiger partial charge in [0.05, 0.1) is 33.2 Å². The van der Waals surface area contributed by atoms with Crippen LogP contribution in [0.25, 0.3) is 89.8 Å². The number of hydrogen-bond donors (Lipinski definition) is 5. The Morgan fingerprint density at radius 2 is 1.32 bits per heavy atom. The quantitative estimate of drug-likeness (QED) is 0.121. The average Bonchev–Trinajstić information content (AvgIpc) is 4.20. The van der Waals surface area contributed by atoms with Crippen LogP contribution in [0.4, 0.5) is 5.82 Å². The number of aromatic nitrogens is 15. The Hall–Kier alpha value is -7.70. The van der Waals surface area contributed by atoms with Gasteiger partial charge in [-0.2, -0.15) is 10.2 Å². The molecule has 5 N–H and O–H groups in total. The third-order valence-corrected chi connectivity index (χ3v) is 11.2. The molecule has 0 radical (unpaired) electrons. The van der Waals surface area contributed by atoms with Crippen LogP contribution in [0.1, 0.15) is 31.5 Å². The normalized spacial score (nSPS) is 14.5. The molecule has 0 amide bonds. The number of aromatic amines is 4. The Balaban J connectivity index is 0.000000144. The number of nitrogens with one attached hydrogen (secondary N) is 5. The number of H-pyrrole nitrogens is 4. The van der Waals surface area contributed by atoms with Crippen LogP contribution in [0, 0.1) is 6.92 Å². The summed E-state index contributed by atoms with van der Waals surface area (Å²) in [5.41, 5.74) is 11.6. The number of rotatable bonds is 6. The summed E-state index contributed by atoms with van der Waals surface area (Å²) in [5, 5.41) is 20.2. The molecule has 0 atom stereocenters. The lowest BCUT2D eigenvalue weighted by Gasteiger charge is -2.33. The van der Waals surface area contributed by atoms with Crippen LogP contribution < -0.4 is 10.2 Å². The van der Waals surface area contributed by atoms with Gasteiger partial charge in [-0.15, -0.1) is 0 Å². The van der Waals surface area contributed by atoms with Crippen LogP contribution in [0.3, 0.4) is 0 Å². The van der Waals surface area contributed by atoms with Crippen LogP contribution >= 0.6 is 0 Å².